The molecule has 3 nitrogen and oxygen atoms in total. The average molecular weight is 242 g/mol. The van der Waals surface area contributed by atoms with Crippen molar-refractivity contribution < 1.29 is 4.79 Å². The third kappa shape index (κ3) is 5.37. The van der Waals surface area contributed by atoms with Gasteiger partial charge >= 0.3 is 0 Å². The second-order valence-corrected chi connectivity index (χ2v) is 4.47. The van der Waals surface area contributed by atoms with Crippen molar-refractivity contribution >= 4 is 18.4 Å². The molecular formula is C12H22N2OS. The molecule has 0 aromatic rings. The van der Waals surface area contributed by atoms with Crippen LogP contribution in [0, 0.1) is 0 Å². The van der Waals surface area contributed by atoms with Gasteiger partial charge in [0.05, 0.1) is 0 Å². The highest BCUT2D eigenvalue weighted by Crippen LogP contribution is 2.16. The summed E-state index contributed by atoms with van der Waals surface area (Å²) >= 11 is 4.00. The summed E-state index contributed by atoms with van der Waals surface area (Å²) in [5, 5.41) is 1.62. The Hall–Kier alpha value is -0.740. The summed E-state index contributed by atoms with van der Waals surface area (Å²) in [4.78, 5) is 13.1. The molecule has 16 heavy (non-hydrogen) atoms. The molecule has 1 atom stereocenters. The molecule has 0 spiro atoms. The van der Waals surface area contributed by atoms with E-state index in [1.54, 1.807) is 18.4 Å². The zero-order chi connectivity index (χ0) is 12.7. The lowest BCUT2D eigenvalue weighted by Gasteiger charge is -2.25. The van der Waals surface area contributed by atoms with Crippen LogP contribution in [0.1, 0.15) is 26.7 Å². The van der Waals surface area contributed by atoms with Gasteiger partial charge in [-0.1, -0.05) is 0 Å². The van der Waals surface area contributed by atoms with E-state index in [4.69, 9.17) is 5.73 Å². The Labute approximate surface area is 104 Å². The predicted octanol–water partition coefficient (Wildman–Crippen LogP) is 1.96. The Morgan fingerprint density at radius 2 is 2.00 bits per heavy atom. The van der Waals surface area contributed by atoms with E-state index in [0.29, 0.717) is 6.42 Å². The van der Waals surface area contributed by atoms with Crippen LogP contribution in [0.3, 0.4) is 0 Å². The number of likely N-dealkylation sites (N-methyl/N-ethyl adjacent to an activating group) is 1. The van der Waals surface area contributed by atoms with Crippen molar-refractivity contribution in [1.82, 2.24) is 4.90 Å². The van der Waals surface area contributed by atoms with E-state index < -0.39 is 0 Å². The molecule has 0 aliphatic carbocycles. The highest BCUT2D eigenvalue weighted by Gasteiger charge is 2.15. The summed E-state index contributed by atoms with van der Waals surface area (Å²) in [5.74, 6) is 0.211. The topological polar surface area (TPSA) is 46.3 Å². The molecule has 0 aromatic heterocycles. The van der Waals surface area contributed by atoms with Gasteiger partial charge in [-0.25, -0.2) is 0 Å². The number of nitrogens with zero attached hydrogens (tertiary/aromatic N) is 1. The monoisotopic (exact) mass is 242 g/mol. The summed E-state index contributed by atoms with van der Waals surface area (Å²) in [6.07, 6.45) is 3.15. The first kappa shape index (κ1) is 15.3. The lowest BCUT2D eigenvalue weighted by atomic mass is 9.99. The minimum Gasteiger partial charge on any atom is -0.399 e. The molecular weight excluding hydrogens is 220 g/mol. The van der Waals surface area contributed by atoms with Gasteiger partial charge in [-0.2, -0.15) is 12.6 Å². The van der Waals surface area contributed by atoms with Crippen molar-refractivity contribution in [3.8, 4) is 0 Å². The van der Waals surface area contributed by atoms with E-state index in [0.717, 1.165) is 17.7 Å². The molecule has 0 aliphatic heterocycles. The van der Waals surface area contributed by atoms with Gasteiger partial charge in [-0.05, 0) is 51.4 Å². The van der Waals surface area contributed by atoms with E-state index >= 15 is 0 Å². The Morgan fingerprint density at radius 1 is 1.44 bits per heavy atom. The average Bonchev–Trinajstić information content (AvgIpc) is 2.17. The molecule has 0 heterocycles. The number of Topliss-reactive ketones (excluding diaryl/α,β-unsaturated/α-hetero) is 1. The van der Waals surface area contributed by atoms with Crippen molar-refractivity contribution in [3.63, 3.8) is 0 Å². The lowest BCUT2D eigenvalue weighted by molar-refractivity contribution is -0.117. The molecule has 0 bridgehead atoms. The molecule has 0 saturated carbocycles. The van der Waals surface area contributed by atoms with E-state index in [-0.39, 0.29) is 11.8 Å². The molecule has 0 fully saturated rings. The summed E-state index contributed by atoms with van der Waals surface area (Å²) in [5.41, 5.74) is 7.70. The number of rotatable bonds is 6. The van der Waals surface area contributed by atoms with Crippen LogP contribution in [0.2, 0.25) is 0 Å². The molecule has 0 aromatic carbocycles. The maximum atomic E-state index is 11.0. The van der Waals surface area contributed by atoms with E-state index in [1.807, 2.05) is 21.0 Å². The minimum absolute atomic E-state index is 0.202. The maximum absolute atomic E-state index is 11.0. The van der Waals surface area contributed by atoms with Crippen LogP contribution in [-0.4, -0.2) is 30.8 Å². The summed E-state index contributed by atoms with van der Waals surface area (Å²) in [7, 11) is 3.98. The number of ketones is 1. The molecule has 4 heteroatoms. The Kier molecular flexibility index (Phi) is 7.17. The Morgan fingerprint density at radius 3 is 2.38 bits per heavy atom. The van der Waals surface area contributed by atoms with Gasteiger partial charge in [-0.3, -0.25) is 0 Å². The number of carbonyl (C=O) groups is 1. The highest BCUT2D eigenvalue weighted by atomic mass is 32.1. The van der Waals surface area contributed by atoms with Crippen LogP contribution in [-0.2, 0) is 4.79 Å². The van der Waals surface area contributed by atoms with Crippen molar-refractivity contribution in [1.29, 1.82) is 0 Å². The van der Waals surface area contributed by atoms with Crippen LogP contribution in [0.15, 0.2) is 22.8 Å². The second kappa shape index (κ2) is 7.52. The van der Waals surface area contributed by atoms with Crippen LogP contribution >= 0.6 is 12.6 Å². The number of nitrogens with two attached hydrogens (primary N) is 1. The molecule has 0 amide bonds. The lowest BCUT2D eigenvalue weighted by Crippen LogP contribution is -2.31. The van der Waals surface area contributed by atoms with Gasteiger partial charge in [0.25, 0.3) is 0 Å². The fourth-order valence-electron chi connectivity index (χ4n) is 1.61. The van der Waals surface area contributed by atoms with Gasteiger partial charge < -0.3 is 15.4 Å². The summed E-state index contributed by atoms with van der Waals surface area (Å²) < 4.78 is 0. The first-order chi connectivity index (χ1) is 7.40. The van der Waals surface area contributed by atoms with Crippen molar-refractivity contribution in [2.24, 2.45) is 5.73 Å². The Bertz CT molecular complexity index is 295. The standard InChI is InChI=1S/C12H22N2OS/c1-9(15)5-6-12(14(3)4)10(2)11(13)7-8-16/h7-8,12,16H,5-6,13H2,1-4H3/b8-7-,11-10-. The molecule has 0 saturated heterocycles. The molecule has 2 N–H and O–H groups in total. The Balaban J connectivity index is 4.77. The zero-order valence-corrected chi connectivity index (χ0v) is 11.4. The third-order valence-corrected chi connectivity index (χ3v) is 2.75. The van der Waals surface area contributed by atoms with Crippen LogP contribution in [0.5, 0.6) is 0 Å². The molecule has 0 radical (unpaired) electrons. The largest absolute Gasteiger partial charge is 0.399 e. The first-order valence-corrected chi connectivity index (χ1v) is 5.84. The smallest absolute Gasteiger partial charge is 0.129 e. The van der Waals surface area contributed by atoms with E-state index in [2.05, 4.69) is 17.5 Å². The summed E-state index contributed by atoms with van der Waals surface area (Å²) in [6, 6.07) is 0.202. The fourth-order valence-corrected chi connectivity index (χ4v) is 1.77. The van der Waals surface area contributed by atoms with Gasteiger partial charge in [0.1, 0.15) is 5.78 Å². The number of carbonyl (C=O) groups excluding carboxylic acids is 1. The van der Waals surface area contributed by atoms with Crippen molar-refractivity contribution in [2.75, 3.05) is 14.1 Å². The molecule has 0 aliphatic rings. The highest BCUT2D eigenvalue weighted by molar-refractivity contribution is 7.83. The second-order valence-electron chi connectivity index (χ2n) is 4.17. The maximum Gasteiger partial charge on any atom is 0.129 e. The van der Waals surface area contributed by atoms with Gasteiger partial charge in [-0.15, -0.1) is 0 Å². The normalized spacial score (nSPS) is 15.4. The van der Waals surface area contributed by atoms with Crippen LogP contribution in [0.4, 0.5) is 0 Å². The zero-order valence-electron chi connectivity index (χ0n) is 10.5. The molecule has 0 rings (SSSR count). The van der Waals surface area contributed by atoms with Gasteiger partial charge in [0.15, 0.2) is 0 Å². The van der Waals surface area contributed by atoms with E-state index in [9.17, 15) is 4.79 Å². The van der Waals surface area contributed by atoms with Crippen molar-refractivity contribution in [2.45, 2.75) is 32.7 Å². The number of hydrogen-bond donors (Lipinski definition) is 2. The van der Waals surface area contributed by atoms with E-state index in [1.165, 1.54) is 0 Å². The first-order valence-electron chi connectivity index (χ1n) is 5.33. The molecule has 92 valence electrons. The minimum atomic E-state index is 0.202. The molecule has 1 unspecified atom stereocenters. The number of allylic oxidation sites excluding steroid dienone is 1. The predicted molar refractivity (Wildman–Crippen MR) is 72.4 cm³/mol. The van der Waals surface area contributed by atoms with Crippen molar-refractivity contribution in [3.05, 3.63) is 22.8 Å². The summed E-state index contributed by atoms with van der Waals surface area (Å²) in [6.45, 7) is 3.61. The number of hydrogen-bond acceptors (Lipinski definition) is 4. The number of thiol groups is 1. The quantitative estimate of drug-likeness (QED) is 0.553. The fraction of sp³-hybridized carbons (Fsp3) is 0.583. The third-order valence-electron chi connectivity index (χ3n) is 2.60. The van der Waals surface area contributed by atoms with Gasteiger partial charge in [0, 0.05) is 18.2 Å². The van der Waals surface area contributed by atoms with Gasteiger partial charge in [0.2, 0.25) is 0 Å². The van der Waals surface area contributed by atoms with Crippen LogP contribution in [0.25, 0.3) is 0 Å². The SMILES string of the molecule is CC(=O)CCC(/C(C)=C(N)/C=C\S)N(C)C. The van der Waals surface area contributed by atoms with Crippen LogP contribution < -0.4 is 5.73 Å².